The number of nitrogens with two attached hydrogens (primary N) is 1. The van der Waals surface area contributed by atoms with Crippen molar-refractivity contribution < 1.29 is 9.59 Å². The molecular weight excluding hydrogens is 314 g/mol. The molecule has 0 bridgehead atoms. The van der Waals surface area contributed by atoms with Gasteiger partial charge in [0.05, 0.1) is 5.92 Å². The second-order valence-corrected chi connectivity index (χ2v) is 7.74. The zero-order valence-corrected chi connectivity index (χ0v) is 15.0. The van der Waals surface area contributed by atoms with Gasteiger partial charge in [0, 0.05) is 30.2 Å². The average molecular weight is 343 g/mol. The van der Waals surface area contributed by atoms with E-state index in [-0.39, 0.29) is 29.3 Å². The van der Waals surface area contributed by atoms with Crippen LogP contribution in [0.5, 0.6) is 0 Å². The van der Waals surface area contributed by atoms with Gasteiger partial charge in [-0.2, -0.15) is 0 Å². The van der Waals surface area contributed by atoms with Gasteiger partial charge in [0.1, 0.15) is 0 Å². The number of nitrogens with zero attached hydrogens (tertiary/aromatic N) is 1. The second-order valence-electron chi connectivity index (χ2n) is 7.74. The molecule has 2 fully saturated rings. The molecule has 1 heterocycles. The third-order valence-electron chi connectivity index (χ3n) is 5.73. The molecule has 2 atom stereocenters. The molecule has 0 spiro atoms. The predicted octanol–water partition coefficient (Wildman–Crippen LogP) is 2.32. The molecule has 3 N–H and O–H groups in total. The lowest BCUT2D eigenvalue weighted by Crippen LogP contribution is -2.56. The van der Waals surface area contributed by atoms with E-state index in [1.807, 2.05) is 42.2 Å². The number of hydrogen-bond donors (Lipinski definition) is 2. The van der Waals surface area contributed by atoms with Crippen molar-refractivity contribution in [2.75, 3.05) is 13.1 Å². The number of benzene rings is 1. The zero-order chi connectivity index (χ0) is 17.9. The van der Waals surface area contributed by atoms with Crippen molar-refractivity contribution in [3.8, 4) is 0 Å². The average Bonchev–Trinajstić information content (AvgIpc) is 2.62. The molecule has 3 rings (SSSR count). The fourth-order valence-corrected chi connectivity index (χ4v) is 4.09. The van der Waals surface area contributed by atoms with E-state index in [1.165, 1.54) is 0 Å². The predicted molar refractivity (Wildman–Crippen MR) is 98.1 cm³/mol. The Bertz CT molecular complexity index is 607. The van der Waals surface area contributed by atoms with Crippen LogP contribution in [-0.4, -0.2) is 41.4 Å². The molecule has 1 saturated heterocycles. The summed E-state index contributed by atoms with van der Waals surface area (Å²) in [5, 5.41) is 3.09. The lowest BCUT2D eigenvalue weighted by Gasteiger charge is -2.41. The molecule has 1 aliphatic heterocycles. The van der Waals surface area contributed by atoms with E-state index >= 15 is 0 Å². The molecule has 25 heavy (non-hydrogen) atoms. The van der Waals surface area contributed by atoms with Crippen molar-refractivity contribution in [1.82, 2.24) is 10.2 Å². The van der Waals surface area contributed by atoms with Crippen LogP contribution in [0.3, 0.4) is 0 Å². The summed E-state index contributed by atoms with van der Waals surface area (Å²) in [6.45, 7) is 3.41. The normalized spacial score (nSPS) is 27.8. The molecule has 1 aromatic rings. The van der Waals surface area contributed by atoms with Crippen LogP contribution >= 0.6 is 0 Å². The van der Waals surface area contributed by atoms with E-state index in [4.69, 9.17) is 5.73 Å². The Morgan fingerprint density at radius 2 is 1.80 bits per heavy atom. The van der Waals surface area contributed by atoms with Gasteiger partial charge in [-0.05, 0) is 44.7 Å². The Morgan fingerprint density at radius 3 is 2.44 bits per heavy atom. The van der Waals surface area contributed by atoms with Crippen molar-refractivity contribution in [3.05, 3.63) is 35.9 Å². The first-order chi connectivity index (χ1) is 12.0. The molecule has 0 aromatic heterocycles. The fraction of sp³-hybridized carbons (Fsp3) is 0.600. The Kier molecular flexibility index (Phi) is 5.42. The van der Waals surface area contributed by atoms with E-state index in [9.17, 15) is 9.59 Å². The van der Waals surface area contributed by atoms with Crippen molar-refractivity contribution in [2.45, 2.75) is 57.0 Å². The van der Waals surface area contributed by atoms with Gasteiger partial charge in [-0.1, -0.05) is 31.0 Å². The van der Waals surface area contributed by atoms with Crippen molar-refractivity contribution in [2.24, 2.45) is 11.7 Å². The van der Waals surface area contributed by atoms with E-state index < -0.39 is 0 Å². The minimum Gasteiger partial charge on any atom is -0.349 e. The molecule has 1 aliphatic carbocycles. The van der Waals surface area contributed by atoms with Crippen LogP contribution in [0.1, 0.15) is 55.8 Å². The van der Waals surface area contributed by atoms with E-state index in [2.05, 4.69) is 5.32 Å². The van der Waals surface area contributed by atoms with Gasteiger partial charge in [0.2, 0.25) is 5.91 Å². The maximum absolute atomic E-state index is 12.9. The Morgan fingerprint density at radius 1 is 1.12 bits per heavy atom. The minimum atomic E-state index is -0.381. The molecule has 2 unspecified atom stereocenters. The standard InChI is InChI=1S/C20H29N3O2/c1-20(21)12-6-5-9-17(20)19(25)23-13-10-16(11-14-23)22-18(24)15-7-3-2-4-8-15/h2-4,7-8,16-17H,5-6,9-14,21H2,1H3,(H,22,24). The summed E-state index contributed by atoms with van der Waals surface area (Å²) >= 11 is 0. The van der Waals surface area contributed by atoms with E-state index in [0.29, 0.717) is 18.7 Å². The number of nitrogens with one attached hydrogen (secondary N) is 1. The zero-order valence-electron chi connectivity index (χ0n) is 15.0. The van der Waals surface area contributed by atoms with Crippen molar-refractivity contribution >= 4 is 11.8 Å². The topological polar surface area (TPSA) is 75.4 Å². The molecular formula is C20H29N3O2. The van der Waals surface area contributed by atoms with Crippen LogP contribution in [-0.2, 0) is 4.79 Å². The largest absolute Gasteiger partial charge is 0.349 e. The summed E-state index contributed by atoms with van der Waals surface area (Å²) in [6.07, 6.45) is 5.64. The number of carbonyl (C=O) groups excluding carboxylic acids is 2. The van der Waals surface area contributed by atoms with Gasteiger partial charge >= 0.3 is 0 Å². The molecule has 1 saturated carbocycles. The second kappa shape index (κ2) is 7.56. The highest BCUT2D eigenvalue weighted by Gasteiger charge is 2.40. The maximum Gasteiger partial charge on any atom is 0.251 e. The Hall–Kier alpha value is -1.88. The highest BCUT2D eigenvalue weighted by Crippen LogP contribution is 2.33. The molecule has 2 aliphatic rings. The molecule has 2 amide bonds. The quantitative estimate of drug-likeness (QED) is 0.884. The molecule has 0 radical (unpaired) electrons. The van der Waals surface area contributed by atoms with Crippen molar-refractivity contribution in [3.63, 3.8) is 0 Å². The van der Waals surface area contributed by atoms with E-state index in [0.717, 1.165) is 38.5 Å². The number of piperidine rings is 1. The van der Waals surface area contributed by atoms with Crippen molar-refractivity contribution in [1.29, 1.82) is 0 Å². The first kappa shape index (κ1) is 17.9. The monoisotopic (exact) mass is 343 g/mol. The van der Waals surface area contributed by atoms with Crippen LogP contribution in [0.4, 0.5) is 0 Å². The highest BCUT2D eigenvalue weighted by molar-refractivity contribution is 5.94. The number of amides is 2. The SMILES string of the molecule is CC1(N)CCCCC1C(=O)N1CCC(NC(=O)c2ccccc2)CC1. The molecule has 5 heteroatoms. The van der Waals surface area contributed by atoms with Crippen LogP contribution in [0.2, 0.25) is 0 Å². The molecule has 136 valence electrons. The fourth-order valence-electron chi connectivity index (χ4n) is 4.09. The van der Waals surface area contributed by atoms with Crippen LogP contribution < -0.4 is 11.1 Å². The summed E-state index contributed by atoms with van der Waals surface area (Å²) in [6, 6.07) is 9.40. The minimum absolute atomic E-state index is 0.0350. The lowest BCUT2D eigenvalue weighted by atomic mass is 9.74. The third kappa shape index (κ3) is 4.21. The van der Waals surface area contributed by atoms with Gasteiger partial charge in [-0.3, -0.25) is 9.59 Å². The summed E-state index contributed by atoms with van der Waals surface area (Å²) in [5.74, 6) is 0.112. The number of carbonyl (C=O) groups is 2. The summed E-state index contributed by atoms with van der Waals surface area (Å²) in [7, 11) is 0. The Labute approximate surface area is 150 Å². The lowest BCUT2D eigenvalue weighted by molar-refractivity contribution is -0.140. The van der Waals surface area contributed by atoms with E-state index in [1.54, 1.807) is 0 Å². The molecule has 1 aromatic carbocycles. The third-order valence-corrected chi connectivity index (χ3v) is 5.73. The summed E-state index contributed by atoms with van der Waals surface area (Å²) < 4.78 is 0. The smallest absolute Gasteiger partial charge is 0.251 e. The molecule has 5 nitrogen and oxygen atoms in total. The highest BCUT2D eigenvalue weighted by atomic mass is 16.2. The van der Waals surface area contributed by atoms with Gasteiger partial charge in [0.25, 0.3) is 5.91 Å². The maximum atomic E-state index is 12.9. The van der Waals surface area contributed by atoms with Gasteiger partial charge in [-0.25, -0.2) is 0 Å². The Balaban J connectivity index is 1.51. The summed E-state index contributed by atoms with van der Waals surface area (Å²) in [4.78, 5) is 27.1. The van der Waals surface area contributed by atoms with Crippen LogP contribution in [0, 0.1) is 5.92 Å². The summed E-state index contributed by atoms with van der Waals surface area (Å²) in [5.41, 5.74) is 6.68. The van der Waals surface area contributed by atoms with Gasteiger partial charge in [-0.15, -0.1) is 0 Å². The van der Waals surface area contributed by atoms with Crippen LogP contribution in [0.25, 0.3) is 0 Å². The first-order valence-electron chi connectivity index (χ1n) is 9.41. The number of likely N-dealkylation sites (tertiary alicyclic amines) is 1. The van der Waals surface area contributed by atoms with Gasteiger partial charge < -0.3 is 16.0 Å². The van der Waals surface area contributed by atoms with Crippen LogP contribution in [0.15, 0.2) is 30.3 Å². The number of rotatable bonds is 3. The number of hydrogen-bond acceptors (Lipinski definition) is 3. The van der Waals surface area contributed by atoms with Gasteiger partial charge in [0.15, 0.2) is 0 Å². The first-order valence-corrected chi connectivity index (χ1v) is 9.41.